The zero-order chi connectivity index (χ0) is 8.65. The lowest BCUT2D eigenvalue weighted by atomic mass is 10.00. The number of piperazine rings is 1. The van der Waals surface area contributed by atoms with Crippen molar-refractivity contribution in [2.75, 3.05) is 27.2 Å². The fraction of sp³-hybridized carbons (Fsp3) is 0.875. The van der Waals surface area contributed by atoms with Gasteiger partial charge in [-0.15, -0.1) is 0 Å². The fourth-order valence-corrected chi connectivity index (χ4v) is 1.50. The smallest absolute Gasteiger partial charge is 0.236 e. The normalized spacial score (nSPS) is 25.8. The molecule has 1 rings (SSSR count). The van der Waals surface area contributed by atoms with Gasteiger partial charge in [-0.05, 0) is 20.9 Å². The predicted octanol–water partition coefficient (Wildman–Crippen LogP) is 0.169. The van der Waals surface area contributed by atoms with Crippen molar-refractivity contribution in [3.8, 4) is 0 Å². The van der Waals surface area contributed by atoms with Gasteiger partial charge in [-0.3, -0.25) is 9.69 Å². The Hall–Kier alpha value is -0.570. The van der Waals surface area contributed by atoms with Crippen LogP contribution in [0.1, 0.15) is 13.8 Å². The second kappa shape index (κ2) is 2.48. The zero-order valence-corrected chi connectivity index (χ0v) is 7.72. The molecule has 1 amide bonds. The molecule has 0 aromatic heterocycles. The van der Waals surface area contributed by atoms with Gasteiger partial charge in [-0.1, -0.05) is 0 Å². The molecule has 3 heteroatoms. The highest BCUT2D eigenvalue weighted by Crippen LogP contribution is 2.17. The summed E-state index contributed by atoms with van der Waals surface area (Å²) < 4.78 is 0. The first kappa shape index (κ1) is 8.53. The van der Waals surface area contributed by atoms with Crippen LogP contribution in [0.2, 0.25) is 0 Å². The largest absolute Gasteiger partial charge is 0.338 e. The Balaban J connectivity index is 2.75. The van der Waals surface area contributed by atoms with Gasteiger partial charge in [0.2, 0.25) is 5.91 Å². The number of carbonyl (C=O) groups excluding carboxylic acids is 1. The first-order valence-electron chi connectivity index (χ1n) is 3.89. The van der Waals surface area contributed by atoms with E-state index in [0.29, 0.717) is 6.54 Å². The highest BCUT2D eigenvalue weighted by molar-refractivity contribution is 5.79. The van der Waals surface area contributed by atoms with E-state index in [2.05, 4.69) is 18.7 Å². The molecule has 64 valence electrons. The van der Waals surface area contributed by atoms with Crippen molar-refractivity contribution in [3.05, 3.63) is 0 Å². The molecule has 1 heterocycles. The topological polar surface area (TPSA) is 23.6 Å². The van der Waals surface area contributed by atoms with Crippen LogP contribution in [0, 0.1) is 0 Å². The van der Waals surface area contributed by atoms with E-state index in [4.69, 9.17) is 0 Å². The number of hydrogen-bond acceptors (Lipinski definition) is 2. The molecule has 0 aromatic carbocycles. The fourth-order valence-electron chi connectivity index (χ4n) is 1.50. The molecule has 1 aliphatic heterocycles. The molecule has 0 aromatic rings. The van der Waals surface area contributed by atoms with E-state index in [9.17, 15) is 4.79 Å². The van der Waals surface area contributed by atoms with Crippen molar-refractivity contribution < 1.29 is 4.79 Å². The molecule has 0 radical (unpaired) electrons. The van der Waals surface area contributed by atoms with Crippen LogP contribution in [0.15, 0.2) is 0 Å². The average Bonchev–Trinajstić information content (AvgIpc) is 1.81. The molecule has 11 heavy (non-hydrogen) atoms. The van der Waals surface area contributed by atoms with Gasteiger partial charge >= 0.3 is 0 Å². The van der Waals surface area contributed by atoms with E-state index in [-0.39, 0.29) is 11.4 Å². The zero-order valence-electron chi connectivity index (χ0n) is 7.72. The summed E-state index contributed by atoms with van der Waals surface area (Å²) in [7, 11) is 3.85. The monoisotopic (exact) mass is 156 g/mol. The van der Waals surface area contributed by atoms with E-state index in [1.54, 1.807) is 0 Å². The van der Waals surface area contributed by atoms with Gasteiger partial charge in [-0.25, -0.2) is 0 Å². The molecular formula is C8H16N2O. The summed E-state index contributed by atoms with van der Waals surface area (Å²) in [6.45, 7) is 5.68. The maximum atomic E-state index is 11.3. The summed E-state index contributed by atoms with van der Waals surface area (Å²) in [5.41, 5.74) is -0.00984. The Bertz CT molecular complexity index is 177. The van der Waals surface area contributed by atoms with Gasteiger partial charge in [-0.2, -0.15) is 0 Å². The van der Waals surface area contributed by atoms with E-state index >= 15 is 0 Å². The highest BCUT2D eigenvalue weighted by atomic mass is 16.2. The third kappa shape index (κ3) is 1.53. The molecule has 0 saturated carbocycles. The van der Waals surface area contributed by atoms with Gasteiger partial charge in [0.1, 0.15) is 0 Å². The van der Waals surface area contributed by atoms with Crippen LogP contribution >= 0.6 is 0 Å². The van der Waals surface area contributed by atoms with Crippen molar-refractivity contribution in [2.45, 2.75) is 19.4 Å². The van der Waals surface area contributed by atoms with Crippen LogP contribution in [0.5, 0.6) is 0 Å². The molecule has 3 nitrogen and oxygen atoms in total. The van der Waals surface area contributed by atoms with Gasteiger partial charge < -0.3 is 4.90 Å². The summed E-state index contributed by atoms with van der Waals surface area (Å²) in [6.07, 6.45) is 0. The Kier molecular flexibility index (Phi) is 1.92. The molecule has 1 fully saturated rings. The number of nitrogens with zero attached hydrogens (tertiary/aromatic N) is 2. The summed E-state index contributed by atoms with van der Waals surface area (Å²) in [5, 5.41) is 0. The Morgan fingerprint density at radius 1 is 1.36 bits per heavy atom. The van der Waals surface area contributed by atoms with E-state index in [1.807, 2.05) is 19.0 Å². The molecule has 1 saturated heterocycles. The second-order valence-electron chi connectivity index (χ2n) is 3.94. The summed E-state index contributed by atoms with van der Waals surface area (Å²) in [5.74, 6) is 0.212. The van der Waals surface area contributed by atoms with Crippen molar-refractivity contribution in [1.29, 1.82) is 0 Å². The lowest BCUT2D eigenvalue weighted by molar-refractivity contribution is -0.141. The minimum Gasteiger partial charge on any atom is -0.338 e. The number of rotatable bonds is 0. The van der Waals surface area contributed by atoms with Crippen LogP contribution in [-0.2, 0) is 4.79 Å². The predicted molar refractivity (Wildman–Crippen MR) is 44.3 cm³/mol. The average molecular weight is 156 g/mol. The van der Waals surface area contributed by atoms with Crippen LogP contribution < -0.4 is 0 Å². The maximum Gasteiger partial charge on any atom is 0.236 e. The lowest BCUT2D eigenvalue weighted by Gasteiger charge is -2.43. The quantitative estimate of drug-likeness (QED) is 0.499. The number of amides is 1. The highest BCUT2D eigenvalue weighted by Gasteiger charge is 2.33. The van der Waals surface area contributed by atoms with Gasteiger partial charge in [0.05, 0.1) is 6.54 Å². The van der Waals surface area contributed by atoms with Gasteiger partial charge in [0, 0.05) is 19.1 Å². The summed E-state index contributed by atoms with van der Waals surface area (Å²) in [4.78, 5) is 15.2. The van der Waals surface area contributed by atoms with E-state index < -0.39 is 0 Å². The number of hydrogen-bond donors (Lipinski definition) is 0. The van der Waals surface area contributed by atoms with E-state index in [0.717, 1.165) is 6.54 Å². The lowest BCUT2D eigenvalue weighted by Crippen LogP contribution is -2.59. The molecule has 0 unspecified atom stereocenters. The van der Waals surface area contributed by atoms with Crippen LogP contribution in [-0.4, -0.2) is 48.4 Å². The van der Waals surface area contributed by atoms with Crippen LogP contribution in [0.3, 0.4) is 0 Å². The summed E-state index contributed by atoms with van der Waals surface area (Å²) in [6, 6.07) is 0. The molecule has 1 aliphatic rings. The SMILES string of the molecule is CN1CC(=O)N(C)C(C)(C)C1. The third-order valence-corrected chi connectivity index (χ3v) is 2.34. The molecule has 0 N–H and O–H groups in total. The van der Waals surface area contributed by atoms with Crippen molar-refractivity contribution >= 4 is 5.91 Å². The molecule has 0 bridgehead atoms. The van der Waals surface area contributed by atoms with Crippen LogP contribution in [0.4, 0.5) is 0 Å². The molecule has 0 aliphatic carbocycles. The van der Waals surface area contributed by atoms with Gasteiger partial charge in [0.15, 0.2) is 0 Å². The maximum absolute atomic E-state index is 11.3. The van der Waals surface area contributed by atoms with Crippen LogP contribution in [0.25, 0.3) is 0 Å². The van der Waals surface area contributed by atoms with Gasteiger partial charge in [0.25, 0.3) is 0 Å². The standard InChI is InChI=1S/C8H16N2O/c1-8(2)6-9(3)5-7(11)10(8)4/h5-6H2,1-4H3. The Labute approximate surface area is 68.0 Å². The summed E-state index contributed by atoms with van der Waals surface area (Å²) >= 11 is 0. The van der Waals surface area contributed by atoms with Crippen molar-refractivity contribution in [1.82, 2.24) is 9.80 Å². The van der Waals surface area contributed by atoms with Crippen molar-refractivity contribution in [3.63, 3.8) is 0 Å². The Morgan fingerprint density at radius 3 is 2.36 bits per heavy atom. The number of carbonyl (C=O) groups is 1. The third-order valence-electron chi connectivity index (χ3n) is 2.34. The number of likely N-dealkylation sites (N-methyl/N-ethyl adjacent to an activating group) is 2. The molecular weight excluding hydrogens is 140 g/mol. The first-order chi connectivity index (χ1) is 4.93. The minimum atomic E-state index is -0.00984. The molecule has 0 spiro atoms. The minimum absolute atomic E-state index is 0.00984. The first-order valence-corrected chi connectivity index (χ1v) is 3.89. The van der Waals surface area contributed by atoms with E-state index in [1.165, 1.54) is 0 Å². The molecule has 0 atom stereocenters. The Morgan fingerprint density at radius 2 is 1.91 bits per heavy atom. The second-order valence-corrected chi connectivity index (χ2v) is 3.94. The van der Waals surface area contributed by atoms with Crippen molar-refractivity contribution in [2.24, 2.45) is 0 Å².